The Bertz CT molecular complexity index is 1280. The van der Waals surface area contributed by atoms with Crippen molar-refractivity contribution in [2.24, 2.45) is 0 Å². The molecule has 2 heterocycles. The van der Waals surface area contributed by atoms with Crippen LogP contribution in [0.5, 0.6) is 23.0 Å². The van der Waals surface area contributed by atoms with E-state index in [2.05, 4.69) is 10.6 Å². The van der Waals surface area contributed by atoms with E-state index >= 15 is 0 Å². The predicted octanol–water partition coefficient (Wildman–Crippen LogP) is 2.94. The van der Waals surface area contributed by atoms with Crippen LogP contribution in [0.3, 0.4) is 0 Å². The van der Waals surface area contributed by atoms with Crippen LogP contribution in [0.1, 0.15) is 27.0 Å². The second kappa shape index (κ2) is 7.40. The molecule has 2 aliphatic heterocycles. The summed E-state index contributed by atoms with van der Waals surface area (Å²) in [5, 5.41) is 35.5. The second-order valence-corrected chi connectivity index (χ2v) is 7.75. The van der Waals surface area contributed by atoms with Gasteiger partial charge in [-0.2, -0.15) is 0 Å². The van der Waals surface area contributed by atoms with Gasteiger partial charge in [0.25, 0.3) is 0 Å². The Morgan fingerprint density at radius 3 is 2.62 bits per heavy atom. The van der Waals surface area contributed by atoms with Crippen molar-refractivity contribution in [3.05, 3.63) is 76.9 Å². The van der Waals surface area contributed by atoms with Crippen LogP contribution in [0.15, 0.2) is 54.6 Å². The predicted molar refractivity (Wildman–Crippen MR) is 119 cm³/mol. The van der Waals surface area contributed by atoms with E-state index in [-0.39, 0.29) is 46.9 Å². The first-order valence-electron chi connectivity index (χ1n) is 9.82. The molecule has 32 heavy (non-hydrogen) atoms. The molecule has 0 aromatic heterocycles. The van der Waals surface area contributed by atoms with Gasteiger partial charge in [-0.15, -0.1) is 0 Å². The average molecular weight is 450 g/mol. The molecular formula is C23H18N2O6S. The van der Waals surface area contributed by atoms with Gasteiger partial charge in [-0.25, -0.2) is 4.79 Å². The molecule has 0 radical (unpaired) electrons. The number of aliphatic hydroxyl groups excluding tert-OH is 1. The SMILES string of the molecule is O=C1OC2(c3ccc(O)cc3Oc3c2ccc(O)c3NC(=S)NCCO)c2ccccc21. The lowest BCUT2D eigenvalue weighted by atomic mass is 9.77. The van der Waals surface area contributed by atoms with E-state index in [1.54, 1.807) is 30.3 Å². The number of rotatable bonds is 3. The number of aromatic hydroxyl groups is 2. The van der Waals surface area contributed by atoms with E-state index in [4.69, 9.17) is 26.8 Å². The van der Waals surface area contributed by atoms with Crippen molar-refractivity contribution < 1.29 is 29.6 Å². The molecule has 0 saturated carbocycles. The van der Waals surface area contributed by atoms with E-state index in [1.165, 1.54) is 18.2 Å². The number of benzene rings is 3. The van der Waals surface area contributed by atoms with Gasteiger partial charge in [0.2, 0.25) is 0 Å². The number of carbonyl (C=O) groups is 1. The van der Waals surface area contributed by atoms with Crippen LogP contribution < -0.4 is 15.4 Å². The molecule has 0 fully saturated rings. The van der Waals surface area contributed by atoms with Crippen LogP contribution in [0.2, 0.25) is 0 Å². The van der Waals surface area contributed by atoms with Gasteiger partial charge < -0.3 is 35.4 Å². The average Bonchev–Trinajstić information content (AvgIpc) is 3.07. The summed E-state index contributed by atoms with van der Waals surface area (Å²) in [5.41, 5.74) is 0.889. The Kier molecular flexibility index (Phi) is 4.65. The Hall–Kier alpha value is -3.82. The molecule has 9 heteroatoms. The van der Waals surface area contributed by atoms with Crippen LogP contribution in [0.25, 0.3) is 0 Å². The maximum Gasteiger partial charge on any atom is 0.340 e. The molecule has 5 rings (SSSR count). The van der Waals surface area contributed by atoms with Crippen molar-refractivity contribution in [1.82, 2.24) is 5.32 Å². The van der Waals surface area contributed by atoms with Gasteiger partial charge in [0, 0.05) is 23.7 Å². The smallest absolute Gasteiger partial charge is 0.340 e. The lowest BCUT2D eigenvalue weighted by Gasteiger charge is -2.37. The highest BCUT2D eigenvalue weighted by molar-refractivity contribution is 7.80. The summed E-state index contributed by atoms with van der Waals surface area (Å²) in [6.07, 6.45) is 0. The maximum atomic E-state index is 12.8. The normalized spacial score (nSPS) is 17.6. The molecule has 0 bridgehead atoms. The van der Waals surface area contributed by atoms with Crippen LogP contribution in [0.4, 0.5) is 5.69 Å². The summed E-state index contributed by atoms with van der Waals surface area (Å²) in [5.74, 6) is -0.205. The van der Waals surface area contributed by atoms with Crippen molar-refractivity contribution >= 4 is 29.0 Å². The zero-order valence-electron chi connectivity index (χ0n) is 16.6. The number of aliphatic hydroxyl groups is 1. The number of phenols is 2. The summed E-state index contributed by atoms with van der Waals surface area (Å²) in [4.78, 5) is 12.8. The summed E-state index contributed by atoms with van der Waals surface area (Å²) >= 11 is 5.25. The molecule has 1 spiro atoms. The molecule has 2 aliphatic rings. The minimum atomic E-state index is -1.34. The van der Waals surface area contributed by atoms with Crippen molar-refractivity contribution in [3.8, 4) is 23.0 Å². The van der Waals surface area contributed by atoms with E-state index in [0.717, 1.165) is 0 Å². The van der Waals surface area contributed by atoms with Gasteiger partial charge >= 0.3 is 5.97 Å². The number of nitrogens with one attached hydrogen (secondary N) is 2. The number of hydrogen-bond acceptors (Lipinski definition) is 7. The number of thiocarbonyl (C=S) groups is 1. The number of ether oxygens (including phenoxy) is 2. The molecular weight excluding hydrogens is 432 g/mol. The number of carbonyl (C=O) groups excluding carboxylic acids is 1. The molecule has 162 valence electrons. The fourth-order valence-corrected chi connectivity index (χ4v) is 4.37. The van der Waals surface area contributed by atoms with Crippen molar-refractivity contribution in [3.63, 3.8) is 0 Å². The minimum absolute atomic E-state index is 0.0326. The second-order valence-electron chi connectivity index (χ2n) is 7.34. The lowest BCUT2D eigenvalue weighted by molar-refractivity contribution is 0.0224. The van der Waals surface area contributed by atoms with E-state index in [9.17, 15) is 15.0 Å². The van der Waals surface area contributed by atoms with Crippen molar-refractivity contribution in [1.29, 1.82) is 0 Å². The fraction of sp³-hybridized carbons (Fsp3) is 0.130. The van der Waals surface area contributed by atoms with Gasteiger partial charge in [-0.05, 0) is 42.5 Å². The highest BCUT2D eigenvalue weighted by Crippen LogP contribution is 2.59. The fourth-order valence-electron chi connectivity index (χ4n) is 4.16. The van der Waals surface area contributed by atoms with Gasteiger partial charge in [-0.3, -0.25) is 0 Å². The first-order valence-corrected chi connectivity index (χ1v) is 10.2. The third-order valence-corrected chi connectivity index (χ3v) is 5.73. The molecule has 0 saturated heterocycles. The summed E-state index contributed by atoms with van der Waals surface area (Å²) in [7, 11) is 0. The topological polar surface area (TPSA) is 120 Å². The zero-order valence-corrected chi connectivity index (χ0v) is 17.4. The van der Waals surface area contributed by atoms with E-state index in [0.29, 0.717) is 22.3 Å². The molecule has 1 unspecified atom stereocenters. The van der Waals surface area contributed by atoms with Gasteiger partial charge in [0.1, 0.15) is 22.9 Å². The molecule has 0 amide bonds. The standard InChI is InChI=1S/C23H18N2O6S/c26-10-9-24-22(32)25-19-17(28)8-7-16-20(19)30-18-11-12(27)5-6-15(18)23(16)14-4-2-1-3-13(14)21(29)31-23/h1-8,11,26-28H,9-10H2,(H2,24,25,32). The van der Waals surface area contributed by atoms with Crippen LogP contribution in [0, 0.1) is 0 Å². The minimum Gasteiger partial charge on any atom is -0.508 e. The van der Waals surface area contributed by atoms with Crippen molar-refractivity contribution in [2.75, 3.05) is 18.5 Å². The first kappa shape index (κ1) is 20.1. The molecule has 3 aromatic rings. The quantitative estimate of drug-likeness (QED) is 0.233. The van der Waals surface area contributed by atoms with Gasteiger partial charge in [0.15, 0.2) is 16.5 Å². The van der Waals surface area contributed by atoms with Crippen LogP contribution in [-0.4, -0.2) is 39.6 Å². The van der Waals surface area contributed by atoms with Gasteiger partial charge in [0.05, 0.1) is 17.7 Å². The first-order chi connectivity index (χ1) is 15.5. The van der Waals surface area contributed by atoms with Crippen LogP contribution in [-0.2, 0) is 10.3 Å². The Balaban J connectivity index is 1.76. The van der Waals surface area contributed by atoms with Gasteiger partial charge in [-0.1, -0.05) is 18.2 Å². The Morgan fingerprint density at radius 2 is 1.81 bits per heavy atom. The monoisotopic (exact) mass is 450 g/mol. The Labute approximate surface area is 188 Å². The third-order valence-electron chi connectivity index (χ3n) is 5.48. The number of anilines is 1. The molecule has 1 atom stereocenters. The molecule has 5 N–H and O–H groups in total. The highest BCUT2D eigenvalue weighted by Gasteiger charge is 2.54. The zero-order chi connectivity index (χ0) is 22.5. The number of fused-ring (bicyclic) bond motifs is 6. The highest BCUT2D eigenvalue weighted by atomic mass is 32.1. The summed E-state index contributed by atoms with van der Waals surface area (Å²) < 4.78 is 12.1. The lowest BCUT2D eigenvalue weighted by Crippen LogP contribution is -2.34. The van der Waals surface area contributed by atoms with E-state index < -0.39 is 11.6 Å². The Morgan fingerprint density at radius 1 is 1.03 bits per heavy atom. The summed E-state index contributed by atoms with van der Waals surface area (Å²) in [6.45, 7) is 0.0911. The third kappa shape index (κ3) is 2.86. The largest absolute Gasteiger partial charge is 0.508 e. The van der Waals surface area contributed by atoms with E-state index in [1.807, 2.05) is 6.07 Å². The number of esters is 1. The molecule has 0 aliphatic carbocycles. The van der Waals surface area contributed by atoms with Crippen LogP contribution >= 0.6 is 12.2 Å². The number of hydrogen-bond donors (Lipinski definition) is 5. The number of phenolic OH excluding ortho intramolecular Hbond substituents is 2. The molecule has 3 aromatic carbocycles. The van der Waals surface area contributed by atoms with Crippen molar-refractivity contribution in [2.45, 2.75) is 5.60 Å². The maximum absolute atomic E-state index is 12.8. The molecule has 8 nitrogen and oxygen atoms in total. The summed E-state index contributed by atoms with van der Waals surface area (Å²) in [6, 6.07) is 14.7.